The predicted octanol–water partition coefficient (Wildman–Crippen LogP) is 3.87. The molecule has 46 heavy (non-hydrogen) atoms. The number of piperazine rings is 1. The molecule has 4 aliphatic rings. The topological polar surface area (TPSA) is 134 Å². The van der Waals surface area contributed by atoms with Crippen molar-refractivity contribution in [2.45, 2.75) is 63.8 Å². The number of nitrogens with zero attached hydrogens (tertiary/aromatic N) is 3. The van der Waals surface area contributed by atoms with E-state index >= 15 is 0 Å². The molecule has 5 atom stereocenters. The van der Waals surface area contributed by atoms with Crippen LogP contribution in [-0.2, 0) is 17.6 Å². The summed E-state index contributed by atoms with van der Waals surface area (Å²) in [6.45, 7) is 5.24. The summed E-state index contributed by atoms with van der Waals surface area (Å²) in [7, 11) is 3.53. The molecule has 1 amide bonds. The van der Waals surface area contributed by atoms with Gasteiger partial charge in [0.2, 0.25) is 6.79 Å². The molecule has 0 radical (unpaired) electrons. The number of hydrogen-bond acceptors (Lipinski definition) is 10. The molecule has 1 saturated heterocycles. The fourth-order valence-electron chi connectivity index (χ4n) is 8.19. The molecule has 3 aromatic rings. The Labute approximate surface area is 267 Å². The molecule has 0 unspecified atom stereocenters. The van der Waals surface area contributed by atoms with Gasteiger partial charge in [0.15, 0.2) is 23.0 Å². The van der Waals surface area contributed by atoms with Gasteiger partial charge in [-0.25, -0.2) is 0 Å². The van der Waals surface area contributed by atoms with Crippen molar-refractivity contribution in [3.05, 3.63) is 75.3 Å². The maximum Gasteiger partial charge on any atom is 0.308 e. The SMILES string of the molecule is COc1c(C)cc2c(c1O)[C@@H]1[C@@H]3Cc4c(OC(C)=O)c(C)c5c(c4[C@H](CNC(=O)c4ccccc4)N3[C@@H](C#N)[C@H](C2)N1C)OCO5. The maximum absolute atomic E-state index is 13.4. The number of carbonyl (C=O) groups excluding carboxylic acids is 2. The highest BCUT2D eigenvalue weighted by Crippen LogP contribution is 2.58. The lowest BCUT2D eigenvalue weighted by atomic mass is 9.71. The van der Waals surface area contributed by atoms with Crippen molar-refractivity contribution < 1.29 is 33.6 Å². The summed E-state index contributed by atoms with van der Waals surface area (Å²) in [5.74, 6) is 1.19. The van der Waals surface area contributed by atoms with E-state index in [1.54, 1.807) is 31.4 Å². The first kappa shape index (κ1) is 29.9. The highest BCUT2D eigenvalue weighted by molar-refractivity contribution is 5.94. The Morgan fingerprint density at radius 2 is 1.83 bits per heavy atom. The number of likely N-dealkylation sites (N-methyl/N-ethyl adjacent to an activating group) is 1. The number of phenolic OH excluding ortho intramolecular Hbond substituents is 1. The number of nitrogens with one attached hydrogen (secondary N) is 1. The first-order valence-corrected chi connectivity index (χ1v) is 15.4. The molecule has 2 bridgehead atoms. The van der Waals surface area contributed by atoms with Crippen molar-refractivity contribution in [2.24, 2.45) is 0 Å². The van der Waals surface area contributed by atoms with E-state index in [4.69, 9.17) is 18.9 Å². The lowest BCUT2D eigenvalue weighted by Crippen LogP contribution is -2.68. The number of nitriles is 1. The first-order chi connectivity index (χ1) is 22.2. The number of methoxy groups -OCH3 is 1. The van der Waals surface area contributed by atoms with Crippen LogP contribution in [0.5, 0.6) is 28.7 Å². The number of aromatic hydroxyl groups is 1. The third kappa shape index (κ3) is 4.39. The predicted molar refractivity (Wildman–Crippen MR) is 166 cm³/mol. The number of ether oxygens (including phenoxy) is 4. The van der Waals surface area contributed by atoms with Gasteiger partial charge < -0.3 is 29.4 Å². The monoisotopic (exact) mass is 624 g/mol. The minimum atomic E-state index is -0.577. The van der Waals surface area contributed by atoms with Crippen molar-refractivity contribution in [3.63, 3.8) is 0 Å². The zero-order valence-corrected chi connectivity index (χ0v) is 26.4. The van der Waals surface area contributed by atoms with E-state index in [1.807, 2.05) is 33.0 Å². The first-order valence-electron chi connectivity index (χ1n) is 15.4. The highest BCUT2D eigenvalue weighted by Gasteiger charge is 2.56. The van der Waals surface area contributed by atoms with Crippen LogP contribution in [0, 0.1) is 25.2 Å². The summed E-state index contributed by atoms with van der Waals surface area (Å²) in [5.41, 5.74) is 5.20. The van der Waals surface area contributed by atoms with Gasteiger partial charge in [-0.3, -0.25) is 19.4 Å². The van der Waals surface area contributed by atoms with Crippen molar-refractivity contribution in [1.29, 1.82) is 5.26 Å². The highest BCUT2D eigenvalue weighted by atomic mass is 16.7. The van der Waals surface area contributed by atoms with Gasteiger partial charge in [-0.1, -0.05) is 24.3 Å². The molecular formula is C35H36N4O7. The number of benzene rings is 3. The average molecular weight is 625 g/mol. The van der Waals surface area contributed by atoms with E-state index in [0.29, 0.717) is 47.0 Å². The normalized spacial score (nSPS) is 24.2. The van der Waals surface area contributed by atoms with Gasteiger partial charge in [0.1, 0.15) is 11.8 Å². The van der Waals surface area contributed by atoms with E-state index < -0.39 is 18.1 Å². The van der Waals surface area contributed by atoms with Crippen LogP contribution >= 0.6 is 0 Å². The number of rotatable bonds is 5. The van der Waals surface area contributed by atoms with Crippen LogP contribution in [0.2, 0.25) is 0 Å². The summed E-state index contributed by atoms with van der Waals surface area (Å²) in [4.78, 5) is 30.2. The van der Waals surface area contributed by atoms with E-state index in [2.05, 4.69) is 21.2 Å². The Morgan fingerprint density at radius 3 is 2.52 bits per heavy atom. The Hall–Kier alpha value is -4.79. The smallest absolute Gasteiger partial charge is 0.308 e. The van der Waals surface area contributed by atoms with Crippen LogP contribution in [0.1, 0.15) is 62.7 Å². The molecule has 1 fully saturated rings. The second kappa shape index (κ2) is 11.2. The molecule has 0 spiro atoms. The van der Waals surface area contributed by atoms with Crippen molar-refractivity contribution in [2.75, 3.05) is 27.5 Å². The van der Waals surface area contributed by atoms with E-state index in [9.17, 15) is 20.0 Å². The van der Waals surface area contributed by atoms with Gasteiger partial charge in [0.25, 0.3) is 5.91 Å². The fraction of sp³-hybridized carbons (Fsp3) is 0.400. The molecule has 11 nitrogen and oxygen atoms in total. The van der Waals surface area contributed by atoms with Gasteiger partial charge in [-0.15, -0.1) is 0 Å². The van der Waals surface area contributed by atoms with Crippen molar-refractivity contribution in [3.8, 4) is 34.8 Å². The minimum absolute atomic E-state index is 0.00524. The number of esters is 1. The maximum atomic E-state index is 13.4. The lowest BCUT2D eigenvalue weighted by Gasteiger charge is -2.60. The number of hydrogen-bond donors (Lipinski definition) is 2. The number of phenols is 1. The quantitative estimate of drug-likeness (QED) is 0.318. The fourth-order valence-corrected chi connectivity index (χ4v) is 8.19. The number of aryl methyl sites for hydroxylation is 1. The zero-order chi connectivity index (χ0) is 32.4. The Morgan fingerprint density at radius 1 is 1.09 bits per heavy atom. The number of fused-ring (bicyclic) bond motifs is 9. The standard InChI is InChI=1S/C35H36N4O7/c1-17-11-21-12-23-25(14-36)39-24(29(38(23)4)27(21)30(41)31(17)43-5)13-22-28(26(39)15-37-35(42)20-9-7-6-8-10-20)34-33(44-16-45-34)18(2)32(22)46-19(3)40/h6-11,23-26,29,41H,12-13,15-16H2,1-5H3,(H,37,42)/t23-,24-,25-,26-,29-/m0/s1. The average Bonchev–Trinajstić information content (AvgIpc) is 3.53. The summed E-state index contributed by atoms with van der Waals surface area (Å²) in [6, 6.07) is 11.6. The Balaban J connectivity index is 1.44. The van der Waals surface area contributed by atoms with E-state index in [0.717, 1.165) is 27.8 Å². The van der Waals surface area contributed by atoms with E-state index in [1.165, 1.54) is 6.92 Å². The van der Waals surface area contributed by atoms with Gasteiger partial charge in [-0.05, 0) is 57.0 Å². The van der Waals surface area contributed by atoms with Crippen LogP contribution in [-0.4, -0.2) is 72.4 Å². The zero-order valence-electron chi connectivity index (χ0n) is 26.4. The Kier molecular flexibility index (Phi) is 7.30. The van der Waals surface area contributed by atoms with Crippen molar-refractivity contribution >= 4 is 11.9 Å². The largest absolute Gasteiger partial charge is 0.504 e. The minimum Gasteiger partial charge on any atom is -0.504 e. The van der Waals surface area contributed by atoms with Crippen LogP contribution < -0.4 is 24.3 Å². The van der Waals surface area contributed by atoms with Gasteiger partial charge in [0.05, 0.1) is 25.3 Å². The lowest BCUT2D eigenvalue weighted by molar-refractivity contribution is -0.132. The summed E-state index contributed by atoms with van der Waals surface area (Å²) in [6.07, 6.45) is 0.927. The second-order valence-electron chi connectivity index (χ2n) is 12.4. The van der Waals surface area contributed by atoms with Gasteiger partial charge in [0, 0.05) is 53.4 Å². The van der Waals surface area contributed by atoms with Crippen LogP contribution in [0.25, 0.3) is 0 Å². The summed E-state index contributed by atoms with van der Waals surface area (Å²) in [5, 5.41) is 25.6. The molecule has 0 saturated carbocycles. The van der Waals surface area contributed by atoms with E-state index in [-0.39, 0.29) is 43.1 Å². The summed E-state index contributed by atoms with van der Waals surface area (Å²) < 4.78 is 23.5. The molecular weight excluding hydrogens is 588 g/mol. The van der Waals surface area contributed by atoms with Gasteiger partial charge in [-0.2, -0.15) is 5.26 Å². The van der Waals surface area contributed by atoms with Crippen LogP contribution in [0.15, 0.2) is 36.4 Å². The third-order valence-electron chi connectivity index (χ3n) is 10.0. The molecule has 4 aliphatic heterocycles. The van der Waals surface area contributed by atoms with Crippen molar-refractivity contribution in [1.82, 2.24) is 15.1 Å². The third-order valence-corrected chi connectivity index (χ3v) is 10.0. The number of carbonyl (C=O) groups is 2. The molecule has 0 aliphatic carbocycles. The van der Waals surface area contributed by atoms with Gasteiger partial charge >= 0.3 is 5.97 Å². The molecule has 3 aromatic carbocycles. The number of amides is 1. The molecule has 0 aromatic heterocycles. The molecule has 4 heterocycles. The molecule has 11 heteroatoms. The summed E-state index contributed by atoms with van der Waals surface area (Å²) >= 11 is 0. The second-order valence-corrected chi connectivity index (χ2v) is 12.4. The van der Waals surface area contributed by atoms with Crippen LogP contribution in [0.4, 0.5) is 0 Å². The molecule has 7 rings (SSSR count). The molecule has 238 valence electrons. The molecule has 2 N–H and O–H groups in total. The van der Waals surface area contributed by atoms with Crippen LogP contribution in [0.3, 0.4) is 0 Å². The Bertz CT molecular complexity index is 1800.